The van der Waals surface area contributed by atoms with Crippen molar-refractivity contribution in [3.05, 3.63) is 90.0 Å². The number of ether oxygens (including phenoxy) is 1. The number of amides is 1. The molecular weight excluding hydrogens is 410 g/mol. The van der Waals surface area contributed by atoms with Crippen LogP contribution in [-0.4, -0.2) is 42.5 Å². The molecule has 0 radical (unpaired) electrons. The third kappa shape index (κ3) is 5.93. The molecular formula is C28H33N3O2. The van der Waals surface area contributed by atoms with Crippen molar-refractivity contribution in [2.75, 3.05) is 29.9 Å². The molecule has 3 aromatic rings. The van der Waals surface area contributed by atoms with Gasteiger partial charge in [0.1, 0.15) is 12.4 Å². The van der Waals surface area contributed by atoms with E-state index >= 15 is 0 Å². The molecule has 1 amide bonds. The van der Waals surface area contributed by atoms with Crippen molar-refractivity contribution in [3.63, 3.8) is 0 Å². The van der Waals surface area contributed by atoms with E-state index in [0.717, 1.165) is 36.6 Å². The van der Waals surface area contributed by atoms with E-state index in [1.54, 1.807) is 0 Å². The highest BCUT2D eigenvalue weighted by Crippen LogP contribution is 2.23. The topological polar surface area (TPSA) is 44.8 Å². The fourth-order valence-corrected chi connectivity index (χ4v) is 4.32. The zero-order valence-corrected chi connectivity index (χ0v) is 19.7. The van der Waals surface area contributed by atoms with E-state index < -0.39 is 0 Å². The van der Waals surface area contributed by atoms with Crippen LogP contribution in [0.3, 0.4) is 0 Å². The van der Waals surface area contributed by atoms with Crippen LogP contribution >= 0.6 is 0 Å². The summed E-state index contributed by atoms with van der Waals surface area (Å²) in [5.41, 5.74) is 4.44. The number of anilines is 2. The summed E-state index contributed by atoms with van der Waals surface area (Å²) < 4.78 is 5.83. The van der Waals surface area contributed by atoms with Gasteiger partial charge in [-0.25, -0.2) is 0 Å². The van der Waals surface area contributed by atoms with Crippen LogP contribution in [0, 0.1) is 6.92 Å². The van der Waals surface area contributed by atoms with Crippen molar-refractivity contribution in [2.45, 2.75) is 39.5 Å². The molecule has 1 aliphatic rings. The summed E-state index contributed by atoms with van der Waals surface area (Å²) in [7, 11) is 0. The SMILES string of the molecule is Cc1cccc(N2CCN(C(C)C(=O)Nc3ccc(OCc4ccccc4)cc3)CC2C)c1. The van der Waals surface area contributed by atoms with Gasteiger partial charge in [0.25, 0.3) is 0 Å². The first-order valence-electron chi connectivity index (χ1n) is 11.6. The van der Waals surface area contributed by atoms with Crippen LogP contribution in [0.1, 0.15) is 25.0 Å². The van der Waals surface area contributed by atoms with E-state index in [0.29, 0.717) is 12.6 Å². The molecule has 1 saturated heterocycles. The van der Waals surface area contributed by atoms with Gasteiger partial charge in [-0.1, -0.05) is 42.5 Å². The van der Waals surface area contributed by atoms with E-state index in [1.165, 1.54) is 11.3 Å². The van der Waals surface area contributed by atoms with Gasteiger partial charge in [0.15, 0.2) is 0 Å². The lowest BCUT2D eigenvalue weighted by molar-refractivity contribution is -0.121. The predicted octanol–water partition coefficient (Wildman–Crippen LogP) is 5.11. The Bertz CT molecular complexity index is 1050. The van der Waals surface area contributed by atoms with Crippen molar-refractivity contribution in [2.24, 2.45) is 0 Å². The largest absolute Gasteiger partial charge is 0.489 e. The Kier molecular flexibility index (Phi) is 7.30. The van der Waals surface area contributed by atoms with E-state index in [9.17, 15) is 4.79 Å². The van der Waals surface area contributed by atoms with Crippen LogP contribution in [-0.2, 0) is 11.4 Å². The summed E-state index contributed by atoms with van der Waals surface area (Å²) in [4.78, 5) is 17.6. The molecule has 172 valence electrons. The van der Waals surface area contributed by atoms with Crippen molar-refractivity contribution in [1.82, 2.24) is 4.90 Å². The van der Waals surface area contributed by atoms with E-state index in [2.05, 4.69) is 53.2 Å². The molecule has 2 unspecified atom stereocenters. The summed E-state index contributed by atoms with van der Waals surface area (Å²) in [5, 5.41) is 3.06. The summed E-state index contributed by atoms with van der Waals surface area (Å²) in [6, 6.07) is 26.4. The van der Waals surface area contributed by atoms with Crippen molar-refractivity contribution in [1.29, 1.82) is 0 Å². The predicted molar refractivity (Wildman–Crippen MR) is 135 cm³/mol. The standard InChI is InChI=1S/C28H33N3O2/c1-21-8-7-11-26(18-21)31-17-16-30(19-22(31)2)23(3)28(32)29-25-12-14-27(15-13-25)33-20-24-9-5-4-6-10-24/h4-15,18,22-23H,16-17,19-20H2,1-3H3,(H,29,32). The molecule has 5 nitrogen and oxygen atoms in total. The molecule has 5 heteroatoms. The Morgan fingerprint density at radius 1 is 1.03 bits per heavy atom. The first kappa shape index (κ1) is 22.9. The third-order valence-corrected chi connectivity index (χ3v) is 6.29. The number of rotatable bonds is 7. The van der Waals surface area contributed by atoms with Crippen LogP contribution < -0.4 is 15.0 Å². The van der Waals surface area contributed by atoms with Crippen LogP contribution in [0.25, 0.3) is 0 Å². The lowest BCUT2D eigenvalue weighted by Gasteiger charge is -2.43. The van der Waals surface area contributed by atoms with Gasteiger partial charge in [0.2, 0.25) is 5.91 Å². The minimum Gasteiger partial charge on any atom is -0.489 e. The maximum Gasteiger partial charge on any atom is 0.241 e. The van der Waals surface area contributed by atoms with Gasteiger partial charge < -0.3 is 15.0 Å². The van der Waals surface area contributed by atoms with Gasteiger partial charge in [0.05, 0.1) is 6.04 Å². The molecule has 0 saturated carbocycles. The normalized spacial score (nSPS) is 17.4. The second kappa shape index (κ2) is 10.5. The van der Waals surface area contributed by atoms with Gasteiger partial charge in [-0.05, 0) is 68.3 Å². The molecule has 2 atom stereocenters. The third-order valence-electron chi connectivity index (χ3n) is 6.29. The van der Waals surface area contributed by atoms with Gasteiger partial charge in [0, 0.05) is 37.1 Å². The Labute approximate surface area is 197 Å². The average Bonchev–Trinajstić information content (AvgIpc) is 2.83. The number of nitrogens with one attached hydrogen (secondary N) is 1. The summed E-state index contributed by atoms with van der Waals surface area (Å²) >= 11 is 0. The number of carbonyl (C=O) groups is 1. The first-order chi connectivity index (χ1) is 16.0. The quantitative estimate of drug-likeness (QED) is 0.551. The number of benzene rings is 3. The maximum absolute atomic E-state index is 12.9. The number of hydrogen-bond acceptors (Lipinski definition) is 4. The van der Waals surface area contributed by atoms with Gasteiger partial charge in [-0.15, -0.1) is 0 Å². The molecule has 1 N–H and O–H groups in total. The molecule has 0 spiro atoms. The molecule has 1 fully saturated rings. The molecule has 0 aromatic heterocycles. The Hall–Kier alpha value is -3.31. The zero-order chi connectivity index (χ0) is 23.2. The highest BCUT2D eigenvalue weighted by Gasteiger charge is 2.29. The Balaban J connectivity index is 1.28. The van der Waals surface area contributed by atoms with Crippen molar-refractivity contribution in [3.8, 4) is 5.75 Å². The van der Waals surface area contributed by atoms with E-state index in [1.807, 2.05) is 61.5 Å². The monoisotopic (exact) mass is 443 g/mol. The molecule has 3 aromatic carbocycles. The van der Waals surface area contributed by atoms with Gasteiger partial charge >= 0.3 is 0 Å². The smallest absolute Gasteiger partial charge is 0.241 e. The maximum atomic E-state index is 12.9. The van der Waals surface area contributed by atoms with Gasteiger partial charge in [-0.3, -0.25) is 9.69 Å². The number of nitrogens with zero attached hydrogens (tertiary/aromatic N) is 2. The van der Waals surface area contributed by atoms with E-state index in [4.69, 9.17) is 4.74 Å². The lowest BCUT2D eigenvalue weighted by Crippen LogP contribution is -2.56. The minimum absolute atomic E-state index is 0.0177. The average molecular weight is 444 g/mol. The molecule has 0 bridgehead atoms. The van der Waals surface area contributed by atoms with Crippen LogP contribution in [0.4, 0.5) is 11.4 Å². The van der Waals surface area contributed by atoms with Crippen LogP contribution in [0.15, 0.2) is 78.9 Å². The molecule has 1 aliphatic heterocycles. The first-order valence-corrected chi connectivity index (χ1v) is 11.6. The molecule has 0 aliphatic carbocycles. The fourth-order valence-electron chi connectivity index (χ4n) is 4.32. The zero-order valence-electron chi connectivity index (χ0n) is 19.7. The number of carbonyl (C=O) groups excluding carboxylic acids is 1. The second-order valence-corrected chi connectivity index (χ2v) is 8.84. The van der Waals surface area contributed by atoms with Crippen molar-refractivity contribution < 1.29 is 9.53 Å². The van der Waals surface area contributed by atoms with E-state index in [-0.39, 0.29) is 11.9 Å². The highest BCUT2D eigenvalue weighted by molar-refractivity contribution is 5.94. The lowest BCUT2D eigenvalue weighted by atomic mass is 10.1. The van der Waals surface area contributed by atoms with Crippen LogP contribution in [0.5, 0.6) is 5.75 Å². The highest BCUT2D eigenvalue weighted by atomic mass is 16.5. The molecule has 1 heterocycles. The second-order valence-electron chi connectivity index (χ2n) is 8.84. The summed E-state index contributed by atoms with van der Waals surface area (Å²) in [6.45, 7) is 9.49. The van der Waals surface area contributed by atoms with Crippen LogP contribution in [0.2, 0.25) is 0 Å². The fraction of sp³-hybridized carbons (Fsp3) is 0.321. The minimum atomic E-state index is -0.193. The molecule has 33 heavy (non-hydrogen) atoms. The number of aryl methyl sites for hydroxylation is 1. The Morgan fingerprint density at radius 2 is 1.79 bits per heavy atom. The number of hydrogen-bond donors (Lipinski definition) is 1. The van der Waals surface area contributed by atoms with Gasteiger partial charge in [-0.2, -0.15) is 0 Å². The summed E-state index contributed by atoms with van der Waals surface area (Å²) in [5.74, 6) is 0.801. The Morgan fingerprint density at radius 3 is 2.48 bits per heavy atom. The number of piperazine rings is 1. The molecule has 4 rings (SSSR count). The summed E-state index contributed by atoms with van der Waals surface area (Å²) in [6.07, 6.45) is 0. The van der Waals surface area contributed by atoms with Crippen molar-refractivity contribution >= 4 is 17.3 Å².